The molecule has 2 aromatic rings. The van der Waals surface area contributed by atoms with Crippen LogP contribution in [-0.4, -0.2) is 65.4 Å². The molecule has 7 heteroatoms. The van der Waals surface area contributed by atoms with Gasteiger partial charge >= 0.3 is 0 Å². The van der Waals surface area contributed by atoms with Crippen molar-refractivity contribution in [2.24, 2.45) is 11.8 Å². The van der Waals surface area contributed by atoms with Gasteiger partial charge in [0, 0.05) is 57.1 Å². The van der Waals surface area contributed by atoms with Gasteiger partial charge in [0.25, 0.3) is 0 Å². The molecule has 6 rings (SSSR count). The standard InChI is InChI=1S/C27H29N5O2/c33-25(32-15-21-11-20(12-22(21)16-32)19-4-2-1-3-5-19)7-6-18-10-23-17-31-9-8-28-14-24(31)27(34)30-26(23)29-13-18/h1-7,10-11,13,21-22,24,28H,8-9,12,14-17H2,(H,29,30,34)/b7-6+. The number of allylic oxidation sites excluding steroid dienone is 1. The molecule has 4 heterocycles. The molecule has 0 saturated carbocycles. The minimum atomic E-state index is -0.172. The number of carbonyl (C=O) groups excluding carboxylic acids is 2. The summed E-state index contributed by atoms with van der Waals surface area (Å²) in [5.41, 5.74) is 4.57. The van der Waals surface area contributed by atoms with E-state index in [0.717, 1.165) is 43.7 Å². The van der Waals surface area contributed by atoms with Crippen molar-refractivity contribution in [2.45, 2.75) is 19.0 Å². The fraction of sp³-hybridized carbons (Fsp3) is 0.370. The number of carbonyl (C=O) groups is 2. The van der Waals surface area contributed by atoms with Gasteiger partial charge in [-0.3, -0.25) is 14.5 Å². The first-order chi connectivity index (χ1) is 16.6. The molecule has 2 N–H and O–H groups in total. The zero-order valence-corrected chi connectivity index (χ0v) is 19.1. The highest BCUT2D eigenvalue weighted by molar-refractivity contribution is 5.96. The molecule has 2 fully saturated rings. The van der Waals surface area contributed by atoms with Crippen molar-refractivity contribution in [2.75, 3.05) is 38.0 Å². The zero-order chi connectivity index (χ0) is 23.1. The molecule has 0 radical (unpaired) electrons. The first-order valence-corrected chi connectivity index (χ1v) is 12.1. The Morgan fingerprint density at radius 2 is 2.06 bits per heavy atom. The lowest BCUT2D eigenvalue weighted by Crippen LogP contribution is -2.54. The molecular formula is C27H29N5O2. The van der Waals surface area contributed by atoms with Crippen LogP contribution in [0.4, 0.5) is 5.82 Å². The maximum absolute atomic E-state index is 12.9. The first kappa shape index (κ1) is 21.3. The largest absolute Gasteiger partial charge is 0.338 e. The Labute approximate surface area is 199 Å². The molecule has 3 aliphatic heterocycles. The SMILES string of the molecule is O=C1Nc2ncc(/C=C/C(=O)N3CC4C=C(c5ccccc5)CC4C3)cc2CN2CCNCC12. The quantitative estimate of drug-likeness (QED) is 0.695. The predicted molar refractivity (Wildman–Crippen MR) is 132 cm³/mol. The number of hydrogen-bond donors (Lipinski definition) is 2. The van der Waals surface area contributed by atoms with Gasteiger partial charge in [-0.05, 0) is 47.1 Å². The van der Waals surface area contributed by atoms with Gasteiger partial charge in [0.15, 0.2) is 0 Å². The lowest BCUT2D eigenvalue weighted by Gasteiger charge is -2.32. The van der Waals surface area contributed by atoms with Gasteiger partial charge in [0.05, 0.1) is 0 Å². The lowest BCUT2D eigenvalue weighted by molar-refractivity contribution is -0.125. The molecule has 7 nitrogen and oxygen atoms in total. The number of nitrogens with zero attached hydrogens (tertiary/aromatic N) is 3. The first-order valence-electron chi connectivity index (χ1n) is 12.1. The van der Waals surface area contributed by atoms with Crippen LogP contribution in [0.15, 0.2) is 54.7 Å². The highest BCUT2D eigenvalue weighted by atomic mass is 16.2. The Bertz CT molecular complexity index is 1170. The van der Waals surface area contributed by atoms with Crippen LogP contribution in [0.2, 0.25) is 0 Å². The summed E-state index contributed by atoms with van der Waals surface area (Å²) in [5, 5.41) is 6.25. The van der Waals surface area contributed by atoms with Crippen LogP contribution >= 0.6 is 0 Å². The number of nitrogens with one attached hydrogen (secondary N) is 2. The minimum Gasteiger partial charge on any atom is -0.338 e. The predicted octanol–water partition coefficient (Wildman–Crippen LogP) is 2.38. The number of benzene rings is 1. The van der Waals surface area contributed by atoms with E-state index in [0.29, 0.717) is 30.7 Å². The number of rotatable bonds is 3. The number of piperazine rings is 1. The monoisotopic (exact) mass is 455 g/mol. The molecule has 2 amide bonds. The second-order valence-corrected chi connectivity index (χ2v) is 9.72. The highest BCUT2D eigenvalue weighted by Crippen LogP contribution is 2.41. The van der Waals surface area contributed by atoms with Crippen LogP contribution in [0.1, 0.15) is 23.1 Å². The Morgan fingerprint density at radius 1 is 1.18 bits per heavy atom. The van der Waals surface area contributed by atoms with Crippen molar-refractivity contribution in [1.29, 1.82) is 0 Å². The molecule has 3 unspecified atom stereocenters. The molecular weight excluding hydrogens is 426 g/mol. The normalized spacial score (nSPS) is 26.5. The summed E-state index contributed by atoms with van der Waals surface area (Å²) in [6, 6.07) is 12.4. The summed E-state index contributed by atoms with van der Waals surface area (Å²) in [6.45, 7) is 4.62. The molecule has 0 spiro atoms. The fourth-order valence-electron chi connectivity index (χ4n) is 5.70. The topological polar surface area (TPSA) is 77.6 Å². The van der Waals surface area contributed by atoms with Crippen molar-refractivity contribution < 1.29 is 9.59 Å². The average molecular weight is 456 g/mol. The van der Waals surface area contributed by atoms with E-state index in [1.54, 1.807) is 12.3 Å². The van der Waals surface area contributed by atoms with Gasteiger partial charge in [-0.25, -0.2) is 4.98 Å². The molecule has 34 heavy (non-hydrogen) atoms. The van der Waals surface area contributed by atoms with E-state index in [1.807, 2.05) is 23.1 Å². The number of likely N-dealkylation sites (tertiary alicyclic amines) is 1. The summed E-state index contributed by atoms with van der Waals surface area (Å²) >= 11 is 0. The van der Waals surface area contributed by atoms with E-state index in [9.17, 15) is 9.59 Å². The second kappa shape index (κ2) is 8.81. The van der Waals surface area contributed by atoms with Crippen molar-refractivity contribution in [3.8, 4) is 0 Å². The summed E-state index contributed by atoms with van der Waals surface area (Å²) < 4.78 is 0. The second-order valence-electron chi connectivity index (χ2n) is 9.72. The van der Waals surface area contributed by atoms with Crippen LogP contribution < -0.4 is 10.6 Å². The number of aromatic nitrogens is 1. The molecule has 3 atom stereocenters. The van der Waals surface area contributed by atoms with Gasteiger partial charge in [0.1, 0.15) is 11.9 Å². The summed E-state index contributed by atoms with van der Waals surface area (Å²) in [4.78, 5) is 34.1. The fourth-order valence-corrected chi connectivity index (χ4v) is 5.70. The van der Waals surface area contributed by atoms with E-state index < -0.39 is 0 Å². The minimum absolute atomic E-state index is 0.0130. The highest BCUT2D eigenvalue weighted by Gasteiger charge is 2.38. The van der Waals surface area contributed by atoms with E-state index in [2.05, 4.69) is 50.9 Å². The van der Waals surface area contributed by atoms with E-state index in [1.165, 1.54) is 11.1 Å². The average Bonchev–Trinajstić information content (AvgIpc) is 3.40. The summed E-state index contributed by atoms with van der Waals surface area (Å²) in [7, 11) is 0. The van der Waals surface area contributed by atoms with Crippen molar-refractivity contribution in [3.63, 3.8) is 0 Å². The Hall–Kier alpha value is -3.29. The van der Waals surface area contributed by atoms with Crippen LogP contribution in [-0.2, 0) is 16.1 Å². The number of hydrogen-bond acceptors (Lipinski definition) is 5. The molecule has 0 bridgehead atoms. The number of fused-ring (bicyclic) bond motifs is 3. The van der Waals surface area contributed by atoms with Crippen LogP contribution in [0.25, 0.3) is 11.6 Å². The third-order valence-electron chi connectivity index (χ3n) is 7.52. The van der Waals surface area contributed by atoms with Crippen molar-refractivity contribution in [1.82, 2.24) is 20.1 Å². The van der Waals surface area contributed by atoms with Crippen molar-refractivity contribution >= 4 is 29.3 Å². The van der Waals surface area contributed by atoms with Gasteiger partial charge in [-0.15, -0.1) is 0 Å². The van der Waals surface area contributed by atoms with Gasteiger partial charge in [-0.2, -0.15) is 0 Å². The van der Waals surface area contributed by atoms with Crippen LogP contribution in [0, 0.1) is 11.8 Å². The van der Waals surface area contributed by atoms with Crippen LogP contribution in [0.3, 0.4) is 0 Å². The maximum Gasteiger partial charge on any atom is 0.246 e. The van der Waals surface area contributed by atoms with Gasteiger partial charge in [0.2, 0.25) is 11.8 Å². The van der Waals surface area contributed by atoms with E-state index >= 15 is 0 Å². The van der Waals surface area contributed by atoms with E-state index in [-0.39, 0.29) is 17.9 Å². The molecule has 4 aliphatic rings. The van der Waals surface area contributed by atoms with Gasteiger partial charge in [-0.1, -0.05) is 36.4 Å². The Morgan fingerprint density at radius 3 is 2.91 bits per heavy atom. The third-order valence-corrected chi connectivity index (χ3v) is 7.52. The molecule has 1 aromatic carbocycles. The molecule has 1 aromatic heterocycles. The summed E-state index contributed by atoms with van der Waals surface area (Å²) in [5.74, 6) is 1.61. The molecule has 174 valence electrons. The zero-order valence-electron chi connectivity index (χ0n) is 19.1. The molecule has 2 saturated heterocycles. The number of amides is 2. The Kier molecular flexibility index (Phi) is 5.51. The third kappa shape index (κ3) is 4.06. The van der Waals surface area contributed by atoms with E-state index in [4.69, 9.17) is 0 Å². The maximum atomic E-state index is 12.9. The summed E-state index contributed by atoms with van der Waals surface area (Å²) in [6.07, 6.45) is 8.63. The number of anilines is 1. The Balaban J connectivity index is 1.12. The molecule has 1 aliphatic carbocycles. The van der Waals surface area contributed by atoms with Crippen molar-refractivity contribution in [3.05, 3.63) is 71.4 Å². The smallest absolute Gasteiger partial charge is 0.246 e. The van der Waals surface area contributed by atoms with Gasteiger partial charge < -0.3 is 15.5 Å². The number of pyridine rings is 1. The van der Waals surface area contributed by atoms with Crippen LogP contribution in [0.5, 0.6) is 0 Å². The lowest BCUT2D eigenvalue weighted by atomic mass is 9.98.